The van der Waals surface area contributed by atoms with E-state index in [9.17, 15) is 9.59 Å². The second kappa shape index (κ2) is 7.00. The predicted molar refractivity (Wildman–Crippen MR) is 95.8 cm³/mol. The molecule has 0 saturated carbocycles. The van der Waals surface area contributed by atoms with Gasteiger partial charge in [0.05, 0.1) is 5.69 Å². The molecule has 2 aromatic rings. The van der Waals surface area contributed by atoms with Gasteiger partial charge in [-0.1, -0.05) is 29.0 Å². The number of anilines is 2. The van der Waals surface area contributed by atoms with Crippen molar-refractivity contribution in [1.29, 1.82) is 0 Å². The summed E-state index contributed by atoms with van der Waals surface area (Å²) in [5, 5.41) is 5.88. The number of carbonyl (C=O) groups excluding carboxylic acids is 2. The SMILES string of the molecule is Cc1ccc(NC(=O)Nc2nc(C)c(C(=O)N3CCCC3)s2)cc1. The first-order valence-corrected chi connectivity index (χ1v) is 8.76. The summed E-state index contributed by atoms with van der Waals surface area (Å²) in [5.41, 5.74) is 2.49. The van der Waals surface area contributed by atoms with E-state index in [0.717, 1.165) is 31.5 Å². The minimum absolute atomic E-state index is 0.00879. The number of amides is 3. The fourth-order valence-corrected chi connectivity index (χ4v) is 3.54. The van der Waals surface area contributed by atoms with Crippen LogP contribution in [0.15, 0.2) is 24.3 Å². The van der Waals surface area contributed by atoms with E-state index < -0.39 is 0 Å². The zero-order valence-corrected chi connectivity index (χ0v) is 14.6. The van der Waals surface area contributed by atoms with Crippen molar-refractivity contribution in [3.63, 3.8) is 0 Å². The van der Waals surface area contributed by atoms with Crippen molar-refractivity contribution < 1.29 is 9.59 Å². The molecule has 1 aromatic heterocycles. The summed E-state index contributed by atoms with van der Waals surface area (Å²) in [6.45, 7) is 5.38. The average molecular weight is 344 g/mol. The number of nitrogens with one attached hydrogen (secondary N) is 2. The second-order valence-corrected chi connectivity index (χ2v) is 6.88. The van der Waals surface area contributed by atoms with Crippen molar-refractivity contribution in [2.45, 2.75) is 26.7 Å². The Hall–Kier alpha value is -2.41. The molecule has 6 nitrogen and oxygen atoms in total. The van der Waals surface area contributed by atoms with Gasteiger partial charge in [-0.2, -0.15) is 0 Å². The molecule has 1 aliphatic heterocycles. The van der Waals surface area contributed by atoms with Crippen LogP contribution in [0.1, 0.15) is 33.8 Å². The number of rotatable bonds is 3. The maximum absolute atomic E-state index is 12.5. The second-order valence-electron chi connectivity index (χ2n) is 5.88. The number of benzene rings is 1. The molecule has 0 aliphatic carbocycles. The number of aromatic nitrogens is 1. The van der Waals surface area contributed by atoms with E-state index in [0.29, 0.717) is 21.4 Å². The van der Waals surface area contributed by atoms with Crippen LogP contribution < -0.4 is 10.6 Å². The predicted octanol–water partition coefficient (Wildman–Crippen LogP) is 3.64. The van der Waals surface area contributed by atoms with E-state index in [1.807, 2.05) is 36.1 Å². The first-order chi connectivity index (χ1) is 11.5. The van der Waals surface area contributed by atoms with Crippen LogP contribution in [0, 0.1) is 13.8 Å². The van der Waals surface area contributed by atoms with E-state index >= 15 is 0 Å². The van der Waals surface area contributed by atoms with Crippen LogP contribution in [-0.2, 0) is 0 Å². The molecule has 24 heavy (non-hydrogen) atoms. The van der Waals surface area contributed by atoms with E-state index in [-0.39, 0.29) is 11.9 Å². The van der Waals surface area contributed by atoms with Gasteiger partial charge in [-0.25, -0.2) is 9.78 Å². The lowest BCUT2D eigenvalue weighted by Gasteiger charge is -2.13. The average Bonchev–Trinajstić information content (AvgIpc) is 3.19. The van der Waals surface area contributed by atoms with Gasteiger partial charge in [-0.3, -0.25) is 10.1 Å². The van der Waals surface area contributed by atoms with Crippen LogP contribution in [0.25, 0.3) is 0 Å². The van der Waals surface area contributed by atoms with Crippen molar-refractivity contribution in [3.05, 3.63) is 40.4 Å². The zero-order chi connectivity index (χ0) is 17.1. The minimum atomic E-state index is -0.368. The highest BCUT2D eigenvalue weighted by molar-refractivity contribution is 7.17. The maximum Gasteiger partial charge on any atom is 0.325 e. The van der Waals surface area contributed by atoms with Crippen LogP contribution in [0.2, 0.25) is 0 Å². The summed E-state index contributed by atoms with van der Waals surface area (Å²) < 4.78 is 0. The first kappa shape index (κ1) is 16.4. The summed E-state index contributed by atoms with van der Waals surface area (Å²) in [6, 6.07) is 7.16. The fraction of sp³-hybridized carbons (Fsp3) is 0.353. The van der Waals surface area contributed by atoms with Crippen LogP contribution >= 0.6 is 11.3 Å². The van der Waals surface area contributed by atoms with Gasteiger partial charge in [0.1, 0.15) is 4.88 Å². The monoisotopic (exact) mass is 344 g/mol. The quantitative estimate of drug-likeness (QED) is 0.893. The number of aryl methyl sites for hydroxylation is 2. The molecular weight excluding hydrogens is 324 g/mol. The maximum atomic E-state index is 12.5. The van der Waals surface area contributed by atoms with Crippen molar-refractivity contribution in [2.24, 2.45) is 0 Å². The number of hydrogen-bond donors (Lipinski definition) is 2. The van der Waals surface area contributed by atoms with Crippen LogP contribution in [0.4, 0.5) is 15.6 Å². The normalized spacial score (nSPS) is 13.8. The molecule has 0 spiro atoms. The summed E-state index contributed by atoms with van der Waals surface area (Å²) in [6.07, 6.45) is 2.10. The molecule has 0 radical (unpaired) electrons. The molecule has 2 N–H and O–H groups in total. The van der Waals surface area contributed by atoms with E-state index in [4.69, 9.17) is 0 Å². The van der Waals surface area contributed by atoms with Gasteiger partial charge in [0.15, 0.2) is 5.13 Å². The summed E-state index contributed by atoms with van der Waals surface area (Å²) in [7, 11) is 0. The Morgan fingerprint density at radius 2 is 1.75 bits per heavy atom. The van der Waals surface area contributed by atoms with Gasteiger partial charge in [-0.05, 0) is 38.8 Å². The standard InChI is InChI=1S/C17H20N4O2S/c1-11-5-7-13(8-6-11)19-16(23)20-17-18-12(2)14(24-17)15(22)21-9-3-4-10-21/h5-8H,3-4,9-10H2,1-2H3,(H2,18,19,20,23). The largest absolute Gasteiger partial charge is 0.338 e. The molecule has 3 rings (SSSR count). The number of urea groups is 1. The number of nitrogens with zero attached hydrogens (tertiary/aromatic N) is 2. The third-order valence-corrected chi connectivity index (χ3v) is 4.97. The van der Waals surface area contributed by atoms with Gasteiger partial charge in [0, 0.05) is 18.8 Å². The van der Waals surface area contributed by atoms with E-state index in [1.54, 1.807) is 6.92 Å². The lowest BCUT2D eigenvalue weighted by atomic mass is 10.2. The molecule has 1 aromatic carbocycles. The Bertz CT molecular complexity index is 748. The van der Waals surface area contributed by atoms with E-state index in [1.165, 1.54) is 11.3 Å². The lowest BCUT2D eigenvalue weighted by Crippen LogP contribution is -2.27. The Morgan fingerprint density at radius 1 is 1.08 bits per heavy atom. The summed E-state index contributed by atoms with van der Waals surface area (Å²) >= 11 is 1.22. The van der Waals surface area contributed by atoms with Gasteiger partial charge >= 0.3 is 6.03 Å². The van der Waals surface area contributed by atoms with Crippen molar-refractivity contribution in [2.75, 3.05) is 23.7 Å². The van der Waals surface area contributed by atoms with Crippen LogP contribution in [-0.4, -0.2) is 34.9 Å². The van der Waals surface area contributed by atoms with Gasteiger partial charge in [0.25, 0.3) is 5.91 Å². The molecule has 2 heterocycles. The number of hydrogen-bond acceptors (Lipinski definition) is 4. The highest BCUT2D eigenvalue weighted by atomic mass is 32.1. The van der Waals surface area contributed by atoms with Gasteiger partial charge in [0.2, 0.25) is 0 Å². The molecule has 0 unspecified atom stereocenters. The number of carbonyl (C=O) groups is 2. The summed E-state index contributed by atoms with van der Waals surface area (Å²) in [5.74, 6) is 0.00879. The van der Waals surface area contributed by atoms with Crippen molar-refractivity contribution in [1.82, 2.24) is 9.88 Å². The third-order valence-electron chi connectivity index (χ3n) is 3.91. The lowest BCUT2D eigenvalue weighted by molar-refractivity contribution is 0.0796. The summed E-state index contributed by atoms with van der Waals surface area (Å²) in [4.78, 5) is 31.3. The minimum Gasteiger partial charge on any atom is -0.338 e. The van der Waals surface area contributed by atoms with E-state index in [2.05, 4.69) is 15.6 Å². The molecule has 1 fully saturated rings. The van der Waals surface area contributed by atoms with Crippen molar-refractivity contribution >= 4 is 34.1 Å². The number of likely N-dealkylation sites (tertiary alicyclic amines) is 1. The topological polar surface area (TPSA) is 74.3 Å². The molecule has 0 bridgehead atoms. The Morgan fingerprint density at radius 3 is 2.42 bits per heavy atom. The third kappa shape index (κ3) is 3.73. The van der Waals surface area contributed by atoms with Gasteiger partial charge < -0.3 is 10.2 Å². The molecule has 126 valence electrons. The molecule has 7 heteroatoms. The number of thiazole rings is 1. The van der Waals surface area contributed by atoms with Crippen LogP contribution in [0.5, 0.6) is 0 Å². The molecule has 1 aliphatic rings. The highest BCUT2D eigenvalue weighted by Gasteiger charge is 2.24. The van der Waals surface area contributed by atoms with Crippen molar-refractivity contribution in [3.8, 4) is 0 Å². The first-order valence-electron chi connectivity index (χ1n) is 7.94. The highest BCUT2D eigenvalue weighted by Crippen LogP contribution is 2.25. The molecule has 3 amide bonds. The van der Waals surface area contributed by atoms with Gasteiger partial charge in [-0.15, -0.1) is 0 Å². The smallest absolute Gasteiger partial charge is 0.325 e. The molecular formula is C17H20N4O2S. The zero-order valence-electron chi connectivity index (χ0n) is 13.8. The van der Waals surface area contributed by atoms with Crippen LogP contribution in [0.3, 0.4) is 0 Å². The Balaban J connectivity index is 1.65. The Labute approximate surface area is 144 Å². The molecule has 1 saturated heterocycles. The fourth-order valence-electron chi connectivity index (χ4n) is 2.61. The Kier molecular flexibility index (Phi) is 4.80. The molecule has 0 atom stereocenters.